The number of ketones is 1. The summed E-state index contributed by atoms with van der Waals surface area (Å²) in [6.07, 6.45) is 1.97. The topological polar surface area (TPSA) is 49.4 Å². The maximum atomic E-state index is 14.2. The van der Waals surface area contributed by atoms with E-state index in [-0.39, 0.29) is 23.7 Å². The van der Waals surface area contributed by atoms with Crippen molar-refractivity contribution < 1.29 is 9.59 Å². The van der Waals surface area contributed by atoms with Crippen molar-refractivity contribution in [1.82, 2.24) is 4.90 Å². The highest BCUT2D eigenvalue weighted by atomic mass is 35.5. The van der Waals surface area contributed by atoms with Crippen LogP contribution in [0.5, 0.6) is 0 Å². The monoisotopic (exact) mass is 442 g/mol. The molecule has 3 aliphatic heterocycles. The maximum Gasteiger partial charge on any atom is 0.250 e. The molecular formula is C27H23ClN2O2. The van der Waals surface area contributed by atoms with Crippen molar-refractivity contribution in [3.05, 3.63) is 101 Å². The lowest BCUT2D eigenvalue weighted by Gasteiger charge is -2.37. The van der Waals surface area contributed by atoms with Crippen LogP contribution in [0.2, 0.25) is 5.02 Å². The Labute approximate surface area is 192 Å². The summed E-state index contributed by atoms with van der Waals surface area (Å²) in [5, 5.41) is 3.66. The molecule has 1 spiro atoms. The number of fused-ring (bicyclic) bond motifs is 4. The molecule has 4 nitrogen and oxygen atoms in total. The van der Waals surface area contributed by atoms with Gasteiger partial charge in [-0.15, -0.1) is 0 Å². The minimum Gasteiger partial charge on any atom is -0.324 e. The molecule has 2 saturated heterocycles. The molecule has 0 saturated carbocycles. The first-order valence-electron chi connectivity index (χ1n) is 11.1. The summed E-state index contributed by atoms with van der Waals surface area (Å²) < 4.78 is 0. The van der Waals surface area contributed by atoms with Gasteiger partial charge in [0, 0.05) is 33.8 Å². The van der Waals surface area contributed by atoms with Crippen molar-refractivity contribution in [2.45, 2.75) is 30.3 Å². The van der Waals surface area contributed by atoms with Gasteiger partial charge in [0.05, 0.1) is 5.92 Å². The van der Waals surface area contributed by atoms with Crippen LogP contribution >= 0.6 is 11.6 Å². The van der Waals surface area contributed by atoms with Gasteiger partial charge in [0.2, 0.25) is 5.91 Å². The number of benzene rings is 3. The van der Waals surface area contributed by atoms with E-state index in [4.69, 9.17) is 11.6 Å². The van der Waals surface area contributed by atoms with Crippen molar-refractivity contribution in [1.29, 1.82) is 0 Å². The summed E-state index contributed by atoms with van der Waals surface area (Å²) in [4.78, 5) is 30.4. The van der Waals surface area contributed by atoms with E-state index in [2.05, 4.69) is 22.3 Å². The molecule has 3 unspecified atom stereocenters. The number of halogens is 1. The third-order valence-corrected chi connectivity index (χ3v) is 7.72. The van der Waals surface area contributed by atoms with Gasteiger partial charge in [0.15, 0.2) is 5.78 Å². The zero-order valence-electron chi connectivity index (χ0n) is 17.5. The molecular weight excluding hydrogens is 420 g/mol. The van der Waals surface area contributed by atoms with Gasteiger partial charge in [-0.3, -0.25) is 14.5 Å². The van der Waals surface area contributed by atoms with E-state index in [0.29, 0.717) is 10.6 Å². The number of Topliss-reactive ketones (excluding diaryl/α,β-unsaturated/α-hetero) is 1. The molecule has 1 amide bonds. The van der Waals surface area contributed by atoms with E-state index in [9.17, 15) is 9.59 Å². The predicted molar refractivity (Wildman–Crippen MR) is 125 cm³/mol. The van der Waals surface area contributed by atoms with Gasteiger partial charge in [0.1, 0.15) is 5.54 Å². The summed E-state index contributed by atoms with van der Waals surface area (Å²) in [5.41, 5.74) is 2.27. The number of nitrogens with one attached hydrogen (secondary N) is 1. The molecule has 3 heterocycles. The summed E-state index contributed by atoms with van der Waals surface area (Å²) in [6, 6.07) is 25.2. The van der Waals surface area contributed by atoms with Crippen LogP contribution in [0.1, 0.15) is 40.2 Å². The van der Waals surface area contributed by atoms with Crippen LogP contribution in [-0.4, -0.2) is 29.2 Å². The molecule has 6 rings (SSSR count). The lowest BCUT2D eigenvalue weighted by atomic mass is 9.69. The number of nitrogens with zero attached hydrogens (tertiary/aromatic N) is 1. The molecule has 160 valence electrons. The Bertz CT molecular complexity index is 1210. The van der Waals surface area contributed by atoms with Crippen LogP contribution in [-0.2, 0) is 10.3 Å². The zero-order chi connectivity index (χ0) is 21.9. The SMILES string of the molecule is O=C(c1ccccc1)C1C(c2ccccc2)C2CCCN2[C@@]12C(=O)Nc1ccc(Cl)cc12. The fourth-order valence-corrected chi connectivity index (χ4v) is 6.54. The highest BCUT2D eigenvalue weighted by Crippen LogP contribution is 2.61. The Morgan fingerprint density at radius 1 is 1.00 bits per heavy atom. The summed E-state index contributed by atoms with van der Waals surface area (Å²) in [6.45, 7) is 0.784. The van der Waals surface area contributed by atoms with E-state index >= 15 is 0 Å². The van der Waals surface area contributed by atoms with Crippen LogP contribution < -0.4 is 5.32 Å². The highest BCUT2D eigenvalue weighted by molar-refractivity contribution is 6.31. The summed E-state index contributed by atoms with van der Waals surface area (Å²) in [5.74, 6) is -0.731. The third kappa shape index (κ3) is 2.60. The van der Waals surface area contributed by atoms with Crippen LogP contribution in [0.4, 0.5) is 5.69 Å². The lowest BCUT2D eigenvalue weighted by molar-refractivity contribution is -0.127. The second-order valence-corrected chi connectivity index (χ2v) is 9.39. The maximum absolute atomic E-state index is 14.2. The Kier molecular flexibility index (Phi) is 4.49. The molecule has 4 atom stereocenters. The lowest BCUT2D eigenvalue weighted by Crippen LogP contribution is -2.52. The zero-order valence-corrected chi connectivity index (χ0v) is 18.3. The number of amides is 1. The van der Waals surface area contributed by atoms with E-state index in [0.717, 1.165) is 36.2 Å². The molecule has 1 N–H and O–H groups in total. The fraction of sp³-hybridized carbons (Fsp3) is 0.259. The van der Waals surface area contributed by atoms with E-state index in [1.54, 1.807) is 6.07 Å². The number of hydrogen-bond acceptors (Lipinski definition) is 3. The van der Waals surface area contributed by atoms with Crippen LogP contribution in [0.15, 0.2) is 78.9 Å². The molecule has 5 heteroatoms. The minimum atomic E-state index is -1.06. The van der Waals surface area contributed by atoms with E-state index in [1.165, 1.54) is 0 Å². The molecule has 3 aromatic rings. The van der Waals surface area contributed by atoms with Gasteiger partial charge in [-0.05, 0) is 43.1 Å². The van der Waals surface area contributed by atoms with Crippen LogP contribution in [0.25, 0.3) is 0 Å². The van der Waals surface area contributed by atoms with Crippen molar-refractivity contribution in [3.63, 3.8) is 0 Å². The number of anilines is 1. The second-order valence-electron chi connectivity index (χ2n) is 8.96. The van der Waals surface area contributed by atoms with Crippen molar-refractivity contribution in [2.75, 3.05) is 11.9 Å². The first-order chi connectivity index (χ1) is 15.6. The van der Waals surface area contributed by atoms with Crippen LogP contribution in [0, 0.1) is 5.92 Å². The molecule has 3 aliphatic rings. The number of carbonyl (C=O) groups excluding carboxylic acids is 2. The molecule has 32 heavy (non-hydrogen) atoms. The summed E-state index contributed by atoms with van der Waals surface area (Å²) in [7, 11) is 0. The molecule has 0 aromatic heterocycles. The van der Waals surface area contributed by atoms with Crippen LogP contribution in [0.3, 0.4) is 0 Å². The normalized spacial score (nSPS) is 28.5. The Balaban J connectivity index is 1.63. The molecule has 2 fully saturated rings. The van der Waals surface area contributed by atoms with Gasteiger partial charge >= 0.3 is 0 Å². The Hall–Kier alpha value is -2.95. The average Bonchev–Trinajstić information content (AvgIpc) is 3.48. The smallest absolute Gasteiger partial charge is 0.250 e. The van der Waals surface area contributed by atoms with Crippen molar-refractivity contribution in [3.8, 4) is 0 Å². The first kappa shape index (κ1) is 19.7. The van der Waals surface area contributed by atoms with Gasteiger partial charge in [-0.2, -0.15) is 0 Å². The van der Waals surface area contributed by atoms with Gasteiger partial charge in [-0.25, -0.2) is 0 Å². The Morgan fingerprint density at radius 2 is 1.72 bits per heavy atom. The standard InChI is InChI=1S/C27H23ClN2O2/c28-19-13-14-21-20(16-19)27(26(32)29-21)24(25(31)18-10-5-2-6-11-18)23(17-8-3-1-4-9-17)22-12-7-15-30(22)27/h1-6,8-11,13-14,16,22-24H,7,12,15H2,(H,29,32)/t22?,23?,24?,27-/m1/s1. The van der Waals surface area contributed by atoms with Crippen molar-refractivity contribution >= 4 is 29.0 Å². The first-order valence-corrected chi connectivity index (χ1v) is 11.5. The van der Waals surface area contributed by atoms with Gasteiger partial charge in [0.25, 0.3) is 0 Å². The second kappa shape index (κ2) is 7.29. The Morgan fingerprint density at radius 3 is 2.47 bits per heavy atom. The van der Waals surface area contributed by atoms with Crippen molar-refractivity contribution in [2.24, 2.45) is 5.92 Å². The number of carbonyl (C=O) groups is 2. The fourth-order valence-electron chi connectivity index (χ4n) is 6.36. The molecule has 0 aliphatic carbocycles. The quantitative estimate of drug-likeness (QED) is 0.564. The minimum absolute atomic E-state index is 0.0110. The molecule has 0 radical (unpaired) electrons. The molecule has 3 aromatic carbocycles. The number of rotatable bonds is 3. The highest BCUT2D eigenvalue weighted by Gasteiger charge is 2.69. The van der Waals surface area contributed by atoms with E-state index in [1.807, 2.05) is 60.7 Å². The van der Waals surface area contributed by atoms with Gasteiger partial charge < -0.3 is 5.32 Å². The average molecular weight is 443 g/mol. The largest absolute Gasteiger partial charge is 0.324 e. The summed E-state index contributed by atoms with van der Waals surface area (Å²) >= 11 is 6.43. The van der Waals surface area contributed by atoms with E-state index < -0.39 is 11.5 Å². The predicted octanol–water partition coefficient (Wildman–Crippen LogP) is 5.25. The van der Waals surface area contributed by atoms with Gasteiger partial charge in [-0.1, -0.05) is 72.3 Å². The molecule has 0 bridgehead atoms. The number of hydrogen-bond donors (Lipinski definition) is 1. The third-order valence-electron chi connectivity index (χ3n) is 7.49.